The molecule has 2 heterocycles. The van der Waals surface area contributed by atoms with E-state index in [9.17, 15) is 9.59 Å². The van der Waals surface area contributed by atoms with Gasteiger partial charge in [-0.05, 0) is 57.9 Å². The monoisotopic (exact) mass is 503 g/mol. The molecule has 1 N–H and O–H groups in total. The number of anilines is 1. The molecule has 0 aliphatic rings. The first-order valence-corrected chi connectivity index (χ1v) is 12.9. The van der Waals surface area contributed by atoms with Crippen molar-refractivity contribution in [2.24, 2.45) is 0 Å². The molecule has 34 heavy (non-hydrogen) atoms. The van der Waals surface area contributed by atoms with Crippen molar-refractivity contribution in [3.63, 3.8) is 0 Å². The fourth-order valence-electron chi connectivity index (χ4n) is 3.35. The minimum Gasteiger partial charge on any atom is -0.483 e. The summed E-state index contributed by atoms with van der Waals surface area (Å²) in [7, 11) is 0. The van der Waals surface area contributed by atoms with Gasteiger partial charge in [0.25, 0.3) is 0 Å². The molecule has 1 amide bonds. The highest BCUT2D eigenvalue weighted by Crippen LogP contribution is 2.26. The van der Waals surface area contributed by atoms with Crippen LogP contribution in [0, 0.1) is 13.8 Å². The van der Waals surface area contributed by atoms with Crippen LogP contribution in [0.3, 0.4) is 0 Å². The third-order valence-corrected chi connectivity index (χ3v) is 6.47. The zero-order chi connectivity index (χ0) is 24.7. The summed E-state index contributed by atoms with van der Waals surface area (Å²) in [5, 5.41) is 14.2. The van der Waals surface area contributed by atoms with Gasteiger partial charge in [0.05, 0.1) is 24.5 Å². The van der Waals surface area contributed by atoms with Crippen molar-refractivity contribution in [3.8, 4) is 5.75 Å². The molecular weight excluding hydrogens is 474 g/mol. The van der Waals surface area contributed by atoms with Gasteiger partial charge in [-0.3, -0.25) is 9.59 Å². The molecular formula is C23H29N5O4S2. The zero-order valence-corrected chi connectivity index (χ0v) is 21.6. The summed E-state index contributed by atoms with van der Waals surface area (Å²) < 4.78 is 13.0. The number of carbonyl (C=O) groups excluding carboxylic acids is 2. The second-order valence-corrected chi connectivity index (χ2v) is 9.43. The standard InChI is InChI=1S/C23H29N5O4S2/c1-6-28-21(16(5)32-18-9-14(3)8-15(4)10-18)26-27-23(28)34-13-19(29)25-22-24-17(12-33-22)11-20(30)31-7-2/h8-10,12,16H,6-7,11,13H2,1-5H3,(H,24,25,29). The van der Waals surface area contributed by atoms with Gasteiger partial charge in [-0.2, -0.15) is 0 Å². The van der Waals surface area contributed by atoms with Crippen molar-refractivity contribution in [1.29, 1.82) is 0 Å². The van der Waals surface area contributed by atoms with E-state index >= 15 is 0 Å². The first kappa shape index (κ1) is 25.7. The quantitative estimate of drug-likeness (QED) is 0.304. The van der Waals surface area contributed by atoms with Crippen LogP contribution in [0.15, 0.2) is 28.7 Å². The third kappa shape index (κ3) is 7.04. The summed E-state index contributed by atoms with van der Waals surface area (Å²) in [4.78, 5) is 28.3. The van der Waals surface area contributed by atoms with E-state index in [1.54, 1.807) is 12.3 Å². The molecule has 1 aromatic carbocycles. The molecule has 2 aromatic heterocycles. The van der Waals surface area contributed by atoms with Crippen molar-refractivity contribution in [3.05, 3.63) is 46.2 Å². The SMILES string of the molecule is CCOC(=O)Cc1csc(NC(=O)CSc2nnc(C(C)Oc3cc(C)cc(C)c3)n2CC)n1. The lowest BCUT2D eigenvalue weighted by Crippen LogP contribution is -2.15. The van der Waals surface area contributed by atoms with E-state index in [4.69, 9.17) is 9.47 Å². The predicted molar refractivity (Wildman–Crippen MR) is 132 cm³/mol. The van der Waals surface area contributed by atoms with Crippen LogP contribution in [0.4, 0.5) is 5.13 Å². The van der Waals surface area contributed by atoms with Crippen LogP contribution in [0.5, 0.6) is 5.75 Å². The maximum absolute atomic E-state index is 12.4. The molecule has 0 aliphatic heterocycles. The Bertz CT molecular complexity index is 1120. The number of aromatic nitrogens is 4. The van der Waals surface area contributed by atoms with Crippen molar-refractivity contribution in [2.75, 3.05) is 17.7 Å². The summed E-state index contributed by atoms with van der Waals surface area (Å²) in [6.07, 6.45) is -0.218. The largest absolute Gasteiger partial charge is 0.483 e. The average Bonchev–Trinajstić information content (AvgIpc) is 3.37. The van der Waals surface area contributed by atoms with Gasteiger partial charge in [0.1, 0.15) is 5.75 Å². The van der Waals surface area contributed by atoms with Gasteiger partial charge in [0.2, 0.25) is 5.91 Å². The first-order chi connectivity index (χ1) is 16.3. The van der Waals surface area contributed by atoms with Crippen molar-refractivity contribution in [1.82, 2.24) is 19.7 Å². The van der Waals surface area contributed by atoms with E-state index in [-0.39, 0.29) is 30.2 Å². The maximum Gasteiger partial charge on any atom is 0.311 e. The van der Waals surface area contributed by atoms with Crippen LogP contribution < -0.4 is 10.1 Å². The van der Waals surface area contributed by atoms with Crippen LogP contribution in [-0.2, 0) is 27.3 Å². The summed E-state index contributed by atoms with van der Waals surface area (Å²) in [5.41, 5.74) is 2.84. The lowest BCUT2D eigenvalue weighted by molar-refractivity contribution is -0.142. The van der Waals surface area contributed by atoms with E-state index in [0.717, 1.165) is 16.9 Å². The van der Waals surface area contributed by atoms with E-state index in [0.29, 0.717) is 35.0 Å². The molecule has 0 radical (unpaired) electrons. The highest BCUT2D eigenvalue weighted by atomic mass is 32.2. The lowest BCUT2D eigenvalue weighted by Gasteiger charge is -2.16. The van der Waals surface area contributed by atoms with E-state index < -0.39 is 0 Å². The van der Waals surface area contributed by atoms with Gasteiger partial charge in [0.15, 0.2) is 22.2 Å². The number of hydrogen-bond acceptors (Lipinski definition) is 9. The Kier molecular flexibility index (Phi) is 9.05. The summed E-state index contributed by atoms with van der Waals surface area (Å²) in [6, 6.07) is 6.08. The molecule has 11 heteroatoms. The number of hydrogen-bond donors (Lipinski definition) is 1. The fourth-order valence-corrected chi connectivity index (χ4v) is 4.89. The number of thioether (sulfide) groups is 1. The second kappa shape index (κ2) is 12.0. The molecule has 182 valence electrons. The number of aryl methyl sites for hydroxylation is 2. The molecule has 0 bridgehead atoms. The molecule has 0 spiro atoms. The maximum atomic E-state index is 12.4. The first-order valence-electron chi connectivity index (χ1n) is 11.0. The van der Waals surface area contributed by atoms with E-state index in [1.165, 1.54) is 23.1 Å². The van der Waals surface area contributed by atoms with Gasteiger partial charge in [-0.15, -0.1) is 21.5 Å². The molecule has 9 nitrogen and oxygen atoms in total. The van der Waals surface area contributed by atoms with Gasteiger partial charge in [0, 0.05) is 11.9 Å². The molecule has 0 saturated carbocycles. The number of amides is 1. The Hall–Kier alpha value is -2.92. The molecule has 1 unspecified atom stereocenters. The minimum absolute atomic E-state index is 0.0831. The van der Waals surface area contributed by atoms with Crippen molar-refractivity contribution >= 4 is 40.1 Å². The van der Waals surface area contributed by atoms with Crippen molar-refractivity contribution < 1.29 is 19.1 Å². The van der Waals surface area contributed by atoms with Crippen LogP contribution in [0.1, 0.15) is 49.5 Å². The number of rotatable bonds is 11. The molecule has 3 aromatic rings. The molecule has 3 rings (SSSR count). The number of thiazole rings is 1. The molecule has 0 aliphatic carbocycles. The van der Waals surface area contributed by atoms with E-state index in [2.05, 4.69) is 26.6 Å². The minimum atomic E-state index is -0.341. The number of ether oxygens (including phenoxy) is 2. The number of esters is 1. The molecule has 1 atom stereocenters. The van der Waals surface area contributed by atoms with Crippen LogP contribution >= 0.6 is 23.1 Å². The lowest BCUT2D eigenvalue weighted by atomic mass is 10.1. The third-order valence-electron chi connectivity index (χ3n) is 4.69. The second-order valence-electron chi connectivity index (χ2n) is 7.63. The normalized spacial score (nSPS) is 11.8. The Morgan fingerprint density at radius 3 is 2.59 bits per heavy atom. The number of nitrogens with zero attached hydrogens (tertiary/aromatic N) is 4. The zero-order valence-electron chi connectivity index (χ0n) is 20.0. The summed E-state index contributed by atoms with van der Waals surface area (Å²) in [6.45, 7) is 10.7. The van der Waals surface area contributed by atoms with Crippen molar-refractivity contribution in [2.45, 2.75) is 58.8 Å². The Labute approximate surface area is 207 Å². The Morgan fingerprint density at radius 2 is 1.91 bits per heavy atom. The summed E-state index contributed by atoms with van der Waals surface area (Å²) in [5.74, 6) is 1.08. The Balaban J connectivity index is 1.57. The van der Waals surface area contributed by atoms with Gasteiger partial charge in [-0.1, -0.05) is 17.8 Å². The van der Waals surface area contributed by atoms with Gasteiger partial charge >= 0.3 is 5.97 Å². The highest BCUT2D eigenvalue weighted by molar-refractivity contribution is 7.99. The highest BCUT2D eigenvalue weighted by Gasteiger charge is 2.20. The van der Waals surface area contributed by atoms with Crippen LogP contribution in [-0.4, -0.2) is 44.0 Å². The predicted octanol–water partition coefficient (Wildman–Crippen LogP) is 4.35. The van der Waals surface area contributed by atoms with Gasteiger partial charge in [-0.25, -0.2) is 4.98 Å². The van der Waals surface area contributed by atoms with E-state index in [1.807, 2.05) is 44.4 Å². The van der Waals surface area contributed by atoms with Crippen LogP contribution in [0.25, 0.3) is 0 Å². The van der Waals surface area contributed by atoms with Gasteiger partial charge < -0.3 is 19.4 Å². The summed E-state index contributed by atoms with van der Waals surface area (Å²) >= 11 is 2.57. The topological polar surface area (TPSA) is 108 Å². The average molecular weight is 504 g/mol. The van der Waals surface area contributed by atoms with Crippen LogP contribution in [0.2, 0.25) is 0 Å². The number of carbonyl (C=O) groups is 2. The fraction of sp³-hybridized carbons (Fsp3) is 0.435. The Morgan fingerprint density at radius 1 is 1.18 bits per heavy atom. The smallest absolute Gasteiger partial charge is 0.311 e. The molecule has 0 fully saturated rings. The number of nitrogens with one attached hydrogen (secondary N) is 1. The molecule has 0 saturated heterocycles. The number of benzene rings is 1.